The Morgan fingerprint density at radius 1 is 1.40 bits per heavy atom. The molecule has 1 heterocycles. The number of halogens is 1. The standard InChI is InChI=1S/C16H21BrN2O5S/c1-22-14-8-7-13(17)10-12(14)11-16-23-19(24-25-16)9-5-3-2-4-6-15(20)18-21/h7-8,10-11,21H,2-6,9H2,1H3,(H,18,20). The van der Waals surface area contributed by atoms with Crippen LogP contribution in [0.5, 0.6) is 5.75 Å². The number of nitrogens with one attached hydrogen (secondary N) is 1. The Morgan fingerprint density at radius 3 is 2.96 bits per heavy atom. The van der Waals surface area contributed by atoms with Crippen molar-refractivity contribution in [1.82, 2.24) is 10.7 Å². The van der Waals surface area contributed by atoms with Crippen molar-refractivity contribution in [1.29, 1.82) is 0 Å². The molecule has 0 radical (unpaired) electrons. The highest BCUT2D eigenvalue weighted by Crippen LogP contribution is 2.34. The van der Waals surface area contributed by atoms with E-state index in [0.717, 1.165) is 53.5 Å². The second-order valence-corrected chi connectivity index (χ2v) is 6.99. The van der Waals surface area contributed by atoms with E-state index < -0.39 is 0 Å². The van der Waals surface area contributed by atoms with Gasteiger partial charge in [0, 0.05) is 22.5 Å². The van der Waals surface area contributed by atoms with Crippen molar-refractivity contribution in [2.75, 3.05) is 13.7 Å². The molecule has 0 spiro atoms. The van der Waals surface area contributed by atoms with Gasteiger partial charge >= 0.3 is 0 Å². The minimum Gasteiger partial charge on any atom is -0.496 e. The summed E-state index contributed by atoms with van der Waals surface area (Å²) in [6.07, 6.45) is 5.69. The van der Waals surface area contributed by atoms with Crippen molar-refractivity contribution >= 4 is 40.0 Å². The van der Waals surface area contributed by atoms with Crippen LogP contribution >= 0.6 is 28.0 Å². The Kier molecular flexibility index (Phi) is 8.56. The van der Waals surface area contributed by atoms with E-state index in [1.807, 2.05) is 24.3 Å². The van der Waals surface area contributed by atoms with E-state index in [1.54, 1.807) is 12.6 Å². The lowest BCUT2D eigenvalue weighted by Crippen LogP contribution is -2.18. The SMILES string of the molecule is COc1ccc(Br)cc1C=C1ON(CCCCCCC(=O)NO)OS1. The molecule has 1 saturated heterocycles. The molecule has 1 aromatic rings. The maximum absolute atomic E-state index is 10.9. The van der Waals surface area contributed by atoms with Crippen LogP contribution in [-0.4, -0.2) is 30.0 Å². The molecular formula is C16H21BrN2O5S. The molecule has 1 fully saturated rings. The maximum Gasteiger partial charge on any atom is 0.243 e. The predicted octanol–water partition coefficient (Wildman–Crippen LogP) is 4.04. The number of methoxy groups -OCH3 is 1. The highest BCUT2D eigenvalue weighted by molar-refractivity contribution is 9.10. The minimum atomic E-state index is -0.347. The Bertz CT molecular complexity index is 614. The van der Waals surface area contributed by atoms with E-state index in [4.69, 9.17) is 19.1 Å². The highest BCUT2D eigenvalue weighted by Gasteiger charge is 2.21. The average molecular weight is 433 g/mol. The van der Waals surface area contributed by atoms with Crippen molar-refractivity contribution < 1.29 is 23.9 Å². The molecule has 2 rings (SSSR count). The number of benzene rings is 1. The number of hydrogen-bond donors (Lipinski definition) is 2. The summed E-state index contributed by atoms with van der Waals surface area (Å²) in [4.78, 5) is 16.5. The van der Waals surface area contributed by atoms with Crippen LogP contribution in [0.2, 0.25) is 0 Å². The fraction of sp³-hybridized carbons (Fsp3) is 0.438. The van der Waals surface area contributed by atoms with Crippen LogP contribution in [0.4, 0.5) is 0 Å². The lowest BCUT2D eigenvalue weighted by molar-refractivity contribution is -0.259. The van der Waals surface area contributed by atoms with Gasteiger partial charge in [0.25, 0.3) is 0 Å². The summed E-state index contributed by atoms with van der Waals surface area (Å²) >= 11 is 4.60. The van der Waals surface area contributed by atoms with Crippen LogP contribution in [-0.2, 0) is 13.9 Å². The van der Waals surface area contributed by atoms with Gasteiger partial charge in [0.15, 0.2) is 0 Å². The van der Waals surface area contributed by atoms with Crippen molar-refractivity contribution in [3.8, 4) is 5.75 Å². The summed E-state index contributed by atoms with van der Waals surface area (Å²) in [7, 11) is 1.63. The molecule has 0 aromatic heterocycles. The van der Waals surface area contributed by atoms with E-state index in [2.05, 4.69) is 15.9 Å². The summed E-state index contributed by atoms with van der Waals surface area (Å²) in [5.74, 6) is 0.408. The molecule has 2 N–H and O–H groups in total. The first-order valence-corrected chi connectivity index (χ1v) is 9.44. The zero-order chi connectivity index (χ0) is 18.1. The van der Waals surface area contributed by atoms with Crippen molar-refractivity contribution in [2.24, 2.45) is 0 Å². The summed E-state index contributed by atoms with van der Waals surface area (Å²) in [6, 6.07) is 5.74. The topological polar surface area (TPSA) is 80.3 Å². The zero-order valence-corrected chi connectivity index (χ0v) is 16.3. The third kappa shape index (κ3) is 6.87. The van der Waals surface area contributed by atoms with Gasteiger partial charge in [-0.25, -0.2) is 5.48 Å². The number of nitrogens with zero attached hydrogens (tertiary/aromatic N) is 1. The summed E-state index contributed by atoms with van der Waals surface area (Å²) in [6.45, 7) is 0.631. The molecule has 138 valence electrons. The number of ether oxygens (including phenoxy) is 1. The smallest absolute Gasteiger partial charge is 0.243 e. The minimum absolute atomic E-state index is 0.338. The maximum atomic E-state index is 10.9. The molecule has 1 aliphatic heterocycles. The van der Waals surface area contributed by atoms with Gasteiger partial charge in [0.2, 0.25) is 11.0 Å². The molecule has 0 atom stereocenters. The number of hydrogen-bond acceptors (Lipinski definition) is 7. The van der Waals surface area contributed by atoms with Crippen molar-refractivity contribution in [2.45, 2.75) is 32.1 Å². The van der Waals surface area contributed by atoms with Crippen molar-refractivity contribution in [3.05, 3.63) is 33.3 Å². The van der Waals surface area contributed by atoms with E-state index in [0.29, 0.717) is 18.1 Å². The molecule has 1 aliphatic rings. The van der Waals surface area contributed by atoms with Gasteiger partial charge in [-0.05, 0) is 36.3 Å². The largest absolute Gasteiger partial charge is 0.496 e. The number of carbonyl (C=O) groups is 1. The average Bonchev–Trinajstić information content (AvgIpc) is 3.05. The Morgan fingerprint density at radius 2 is 2.20 bits per heavy atom. The third-order valence-corrected chi connectivity index (χ3v) is 4.57. The molecule has 1 aromatic carbocycles. The van der Waals surface area contributed by atoms with E-state index in [9.17, 15) is 4.79 Å². The first kappa shape index (κ1) is 20.1. The summed E-state index contributed by atoms with van der Waals surface area (Å²) in [5, 5.41) is 10.5. The van der Waals surface area contributed by atoms with Crippen LogP contribution in [0.15, 0.2) is 27.8 Å². The Labute approximate surface area is 159 Å². The number of amides is 1. The second-order valence-electron chi connectivity index (χ2n) is 5.35. The fourth-order valence-electron chi connectivity index (χ4n) is 2.22. The first-order valence-electron chi connectivity index (χ1n) is 7.90. The van der Waals surface area contributed by atoms with Gasteiger partial charge < -0.3 is 9.57 Å². The predicted molar refractivity (Wildman–Crippen MR) is 98.2 cm³/mol. The lowest BCUT2D eigenvalue weighted by Gasteiger charge is -2.10. The molecule has 0 bridgehead atoms. The first-order chi connectivity index (χ1) is 12.1. The molecule has 9 heteroatoms. The van der Waals surface area contributed by atoms with Crippen molar-refractivity contribution in [3.63, 3.8) is 0 Å². The number of unbranched alkanes of at least 4 members (excludes halogenated alkanes) is 3. The van der Waals surface area contributed by atoms with Gasteiger partial charge in [0.1, 0.15) is 5.75 Å². The zero-order valence-electron chi connectivity index (χ0n) is 13.9. The van der Waals surface area contributed by atoms with E-state index in [-0.39, 0.29) is 5.91 Å². The van der Waals surface area contributed by atoms with Crippen LogP contribution in [0.25, 0.3) is 6.08 Å². The summed E-state index contributed by atoms with van der Waals surface area (Å²) < 4.78 is 11.7. The molecule has 7 nitrogen and oxygen atoms in total. The van der Waals surface area contributed by atoms with Gasteiger partial charge in [0.05, 0.1) is 25.7 Å². The molecule has 0 unspecified atom stereocenters. The monoisotopic (exact) mass is 432 g/mol. The van der Waals surface area contributed by atoms with Crippen LogP contribution in [0.1, 0.15) is 37.7 Å². The molecular weight excluding hydrogens is 412 g/mol. The van der Waals surface area contributed by atoms with Gasteiger partial charge in [-0.2, -0.15) is 4.28 Å². The summed E-state index contributed by atoms with van der Waals surface area (Å²) in [5.41, 5.74) is 2.52. The van der Waals surface area contributed by atoms with E-state index in [1.165, 1.54) is 5.23 Å². The van der Waals surface area contributed by atoms with Gasteiger partial charge in [-0.1, -0.05) is 28.8 Å². The second kappa shape index (κ2) is 10.7. The normalized spacial score (nSPS) is 16.0. The van der Waals surface area contributed by atoms with Gasteiger partial charge in [-0.3, -0.25) is 10.0 Å². The fourth-order valence-corrected chi connectivity index (χ4v) is 3.15. The third-order valence-electron chi connectivity index (χ3n) is 3.48. The Balaban J connectivity index is 1.73. The quantitative estimate of drug-likeness (QED) is 0.263. The number of hydroxylamine groups is 3. The molecule has 25 heavy (non-hydrogen) atoms. The molecule has 0 saturated carbocycles. The van der Waals surface area contributed by atoms with Crippen LogP contribution < -0.4 is 10.2 Å². The molecule has 1 amide bonds. The lowest BCUT2D eigenvalue weighted by atomic mass is 10.1. The number of rotatable bonds is 9. The van der Waals surface area contributed by atoms with E-state index >= 15 is 0 Å². The van der Waals surface area contributed by atoms with Crippen LogP contribution in [0.3, 0.4) is 0 Å². The highest BCUT2D eigenvalue weighted by atomic mass is 79.9. The molecule has 0 aliphatic carbocycles. The van der Waals surface area contributed by atoms with Crippen LogP contribution in [0, 0.1) is 0 Å². The van der Waals surface area contributed by atoms with Gasteiger partial charge in [-0.15, -0.1) is 0 Å². The Hall–Kier alpha value is -1.26. The number of carbonyl (C=O) groups excluding carboxylic acids is 1.